The molecule has 0 aliphatic carbocycles. The quantitative estimate of drug-likeness (QED) is 0.903. The van der Waals surface area contributed by atoms with Gasteiger partial charge in [0.25, 0.3) is 0 Å². The molecule has 0 atom stereocenters. The van der Waals surface area contributed by atoms with Crippen molar-refractivity contribution in [2.24, 2.45) is 0 Å². The minimum atomic E-state index is -0.388. The smallest absolute Gasteiger partial charge is 0.141 e. The van der Waals surface area contributed by atoms with Crippen LogP contribution in [0.5, 0.6) is 0 Å². The number of hydrogen-bond acceptors (Lipinski definition) is 2. The molecule has 0 fully saturated rings. The highest BCUT2D eigenvalue weighted by Crippen LogP contribution is 2.19. The Balaban J connectivity index is 2.00. The van der Waals surface area contributed by atoms with Crippen molar-refractivity contribution in [2.75, 3.05) is 24.3 Å². The molecule has 0 aromatic heterocycles. The van der Waals surface area contributed by atoms with Gasteiger partial charge in [-0.1, -0.05) is 17.7 Å². The first kappa shape index (κ1) is 13.7. The van der Waals surface area contributed by atoms with Crippen LogP contribution in [0.15, 0.2) is 42.5 Å². The summed E-state index contributed by atoms with van der Waals surface area (Å²) in [5.41, 5.74) is 3.12. The minimum Gasteiger partial charge on any atom is -0.381 e. The van der Waals surface area contributed by atoms with Gasteiger partial charge in [-0.2, -0.15) is 0 Å². The van der Waals surface area contributed by atoms with Crippen LogP contribution < -0.4 is 10.2 Å². The zero-order valence-electron chi connectivity index (χ0n) is 11.0. The lowest BCUT2D eigenvalue weighted by molar-refractivity contribution is 0.627. The van der Waals surface area contributed by atoms with Crippen LogP contribution >= 0.6 is 11.6 Å². The fraction of sp³-hybridized carbons (Fsp3) is 0.200. The molecule has 0 bridgehead atoms. The second-order valence-corrected chi connectivity index (χ2v) is 4.95. The standard InChI is InChI=1S/C15H16ClFN2/c1-19(2)13-6-4-12(5-7-13)18-10-11-3-8-15(17)14(16)9-11/h3-9,18H,10H2,1-2H3. The molecule has 0 saturated carbocycles. The van der Waals surface area contributed by atoms with E-state index in [1.807, 2.05) is 43.3 Å². The molecule has 2 aromatic carbocycles. The molecule has 19 heavy (non-hydrogen) atoms. The maximum atomic E-state index is 13.0. The van der Waals surface area contributed by atoms with E-state index in [2.05, 4.69) is 5.32 Å². The lowest BCUT2D eigenvalue weighted by Gasteiger charge is -2.13. The monoisotopic (exact) mass is 278 g/mol. The second kappa shape index (κ2) is 5.93. The highest BCUT2D eigenvalue weighted by molar-refractivity contribution is 6.30. The highest BCUT2D eigenvalue weighted by Gasteiger charge is 2.01. The Morgan fingerprint density at radius 1 is 1.11 bits per heavy atom. The van der Waals surface area contributed by atoms with Gasteiger partial charge in [-0.15, -0.1) is 0 Å². The summed E-state index contributed by atoms with van der Waals surface area (Å²) in [7, 11) is 4.01. The largest absolute Gasteiger partial charge is 0.381 e. The number of nitrogens with one attached hydrogen (secondary N) is 1. The zero-order valence-corrected chi connectivity index (χ0v) is 11.7. The highest BCUT2D eigenvalue weighted by atomic mass is 35.5. The van der Waals surface area contributed by atoms with Crippen LogP contribution in [-0.4, -0.2) is 14.1 Å². The van der Waals surface area contributed by atoms with Crippen LogP contribution in [0, 0.1) is 5.82 Å². The molecular weight excluding hydrogens is 263 g/mol. The Morgan fingerprint density at radius 3 is 2.37 bits per heavy atom. The molecule has 0 aliphatic rings. The van der Waals surface area contributed by atoms with Crippen molar-refractivity contribution >= 4 is 23.0 Å². The lowest BCUT2D eigenvalue weighted by Crippen LogP contribution is -2.08. The van der Waals surface area contributed by atoms with Crippen LogP contribution in [0.2, 0.25) is 5.02 Å². The topological polar surface area (TPSA) is 15.3 Å². The van der Waals surface area contributed by atoms with E-state index in [-0.39, 0.29) is 10.8 Å². The zero-order chi connectivity index (χ0) is 13.8. The number of benzene rings is 2. The van der Waals surface area contributed by atoms with Crippen LogP contribution in [0.3, 0.4) is 0 Å². The van der Waals surface area contributed by atoms with Gasteiger partial charge >= 0.3 is 0 Å². The van der Waals surface area contributed by atoms with Gasteiger partial charge in [0.15, 0.2) is 0 Å². The molecule has 4 heteroatoms. The van der Waals surface area contributed by atoms with E-state index in [0.717, 1.165) is 16.9 Å². The van der Waals surface area contributed by atoms with E-state index >= 15 is 0 Å². The summed E-state index contributed by atoms with van der Waals surface area (Å²) in [6.07, 6.45) is 0. The molecule has 0 heterocycles. The number of hydrogen-bond donors (Lipinski definition) is 1. The summed E-state index contributed by atoms with van der Waals surface area (Å²) in [6, 6.07) is 12.9. The third kappa shape index (κ3) is 3.61. The first-order valence-corrected chi connectivity index (χ1v) is 6.39. The maximum Gasteiger partial charge on any atom is 0.141 e. The number of rotatable bonds is 4. The fourth-order valence-corrected chi connectivity index (χ4v) is 1.93. The number of nitrogens with zero attached hydrogens (tertiary/aromatic N) is 1. The van der Waals surface area contributed by atoms with Gasteiger partial charge in [0, 0.05) is 32.0 Å². The predicted molar refractivity (Wildman–Crippen MR) is 79.5 cm³/mol. The lowest BCUT2D eigenvalue weighted by atomic mass is 10.2. The Kier molecular flexibility index (Phi) is 4.27. The third-order valence-corrected chi connectivity index (χ3v) is 3.15. The van der Waals surface area contributed by atoms with Crippen LogP contribution in [0.25, 0.3) is 0 Å². The van der Waals surface area contributed by atoms with Crippen LogP contribution in [-0.2, 0) is 6.54 Å². The molecular formula is C15H16ClFN2. The predicted octanol–water partition coefficient (Wildman–Crippen LogP) is 4.16. The number of anilines is 2. The van der Waals surface area contributed by atoms with Crippen LogP contribution in [0.4, 0.5) is 15.8 Å². The molecule has 2 rings (SSSR count). The molecule has 0 radical (unpaired) electrons. The van der Waals surface area contributed by atoms with E-state index in [9.17, 15) is 4.39 Å². The van der Waals surface area contributed by atoms with E-state index in [1.54, 1.807) is 12.1 Å². The van der Waals surface area contributed by atoms with E-state index < -0.39 is 0 Å². The van der Waals surface area contributed by atoms with Crippen molar-refractivity contribution in [1.29, 1.82) is 0 Å². The van der Waals surface area contributed by atoms with Crippen molar-refractivity contribution in [3.8, 4) is 0 Å². The van der Waals surface area contributed by atoms with Gasteiger partial charge in [-0.05, 0) is 42.0 Å². The van der Waals surface area contributed by atoms with Gasteiger partial charge in [0.1, 0.15) is 5.82 Å². The van der Waals surface area contributed by atoms with Crippen molar-refractivity contribution in [3.63, 3.8) is 0 Å². The Morgan fingerprint density at radius 2 is 1.79 bits per heavy atom. The molecule has 0 amide bonds. The molecule has 100 valence electrons. The molecule has 0 unspecified atom stereocenters. The fourth-order valence-electron chi connectivity index (χ4n) is 1.73. The maximum absolute atomic E-state index is 13.0. The SMILES string of the molecule is CN(C)c1ccc(NCc2ccc(F)c(Cl)c2)cc1. The summed E-state index contributed by atoms with van der Waals surface area (Å²) >= 11 is 5.74. The molecule has 0 aliphatic heterocycles. The van der Waals surface area contributed by atoms with Gasteiger partial charge in [0.05, 0.1) is 5.02 Å². The molecule has 2 nitrogen and oxygen atoms in total. The minimum absolute atomic E-state index is 0.155. The third-order valence-electron chi connectivity index (χ3n) is 2.86. The Labute approximate surface area is 117 Å². The van der Waals surface area contributed by atoms with Crippen LogP contribution in [0.1, 0.15) is 5.56 Å². The molecule has 2 aromatic rings. The first-order chi connectivity index (χ1) is 9.06. The average molecular weight is 279 g/mol. The van der Waals surface area contributed by atoms with E-state index in [4.69, 9.17) is 11.6 Å². The summed E-state index contributed by atoms with van der Waals surface area (Å²) in [5.74, 6) is -0.388. The van der Waals surface area contributed by atoms with Crippen molar-refractivity contribution < 1.29 is 4.39 Å². The van der Waals surface area contributed by atoms with Gasteiger partial charge in [-0.25, -0.2) is 4.39 Å². The molecule has 0 saturated heterocycles. The average Bonchev–Trinajstić information content (AvgIpc) is 2.40. The second-order valence-electron chi connectivity index (χ2n) is 4.54. The normalized spacial score (nSPS) is 10.3. The molecule has 1 N–H and O–H groups in total. The Hall–Kier alpha value is -1.74. The summed E-state index contributed by atoms with van der Waals surface area (Å²) < 4.78 is 13.0. The summed E-state index contributed by atoms with van der Waals surface area (Å²) in [6.45, 7) is 0.612. The Bertz CT molecular complexity index is 553. The van der Waals surface area contributed by atoms with E-state index in [0.29, 0.717) is 6.54 Å². The summed E-state index contributed by atoms with van der Waals surface area (Å²) in [5, 5.41) is 3.43. The first-order valence-electron chi connectivity index (χ1n) is 6.01. The number of halogens is 2. The summed E-state index contributed by atoms with van der Waals surface area (Å²) in [4.78, 5) is 2.05. The molecule has 0 spiro atoms. The van der Waals surface area contributed by atoms with Crippen molar-refractivity contribution in [3.05, 3.63) is 58.9 Å². The van der Waals surface area contributed by atoms with Gasteiger partial charge in [0.2, 0.25) is 0 Å². The van der Waals surface area contributed by atoms with Crippen molar-refractivity contribution in [2.45, 2.75) is 6.54 Å². The van der Waals surface area contributed by atoms with E-state index in [1.165, 1.54) is 6.07 Å². The van der Waals surface area contributed by atoms with Gasteiger partial charge < -0.3 is 10.2 Å². The van der Waals surface area contributed by atoms with Crippen molar-refractivity contribution in [1.82, 2.24) is 0 Å². The van der Waals surface area contributed by atoms with Gasteiger partial charge in [-0.3, -0.25) is 0 Å².